The van der Waals surface area contributed by atoms with Gasteiger partial charge in [0, 0.05) is 50.7 Å². The van der Waals surface area contributed by atoms with Gasteiger partial charge >= 0.3 is 5.97 Å². The number of methoxy groups -OCH3 is 1. The van der Waals surface area contributed by atoms with Gasteiger partial charge < -0.3 is 29.0 Å². The zero-order valence-corrected chi connectivity index (χ0v) is 27.8. The fourth-order valence-electron chi connectivity index (χ4n) is 6.42. The van der Waals surface area contributed by atoms with Gasteiger partial charge in [-0.3, -0.25) is 19.2 Å². The molecule has 7 atom stereocenters. The number of hydrogen-bond donors (Lipinski definition) is 1. The summed E-state index contributed by atoms with van der Waals surface area (Å²) < 4.78 is 29.1. The molecule has 10 heteroatoms. The maximum absolute atomic E-state index is 13.4. The van der Waals surface area contributed by atoms with Crippen LogP contribution in [0.25, 0.3) is 0 Å². The van der Waals surface area contributed by atoms with Gasteiger partial charge in [0.15, 0.2) is 12.6 Å². The third-order valence-corrected chi connectivity index (χ3v) is 9.09. The first-order valence-electron chi connectivity index (χ1n) is 17.4. The van der Waals surface area contributed by atoms with Gasteiger partial charge in [-0.15, -0.1) is 0 Å². The Morgan fingerprint density at radius 2 is 1.71 bits per heavy atom. The van der Waals surface area contributed by atoms with Crippen LogP contribution in [0.3, 0.4) is 0 Å². The molecule has 1 aliphatic carbocycles. The number of Topliss-reactive ketones (excluding diaryl/α,β-unsaturated/α-hetero) is 2. The lowest BCUT2D eigenvalue weighted by Gasteiger charge is -2.30. The van der Waals surface area contributed by atoms with Gasteiger partial charge in [-0.2, -0.15) is 0 Å². The van der Waals surface area contributed by atoms with E-state index in [0.717, 1.165) is 57.8 Å². The standard InChI is InChI=1S/C35H57NO9/c1-4-5-12-25(2)21-27(44-34-15-8-10-19-42-34)17-18-28-29(30(38)23-31(28)45-35-16-9-11-20-43-35)22-26(37)13-6-7-14-32(39)36-24-33(40)41-3/h17-18,25,27-29,31,34-35H,4-16,19-24H2,1-3H3,(H,36,39)/b18-17+/t25-,27-,28+,29+,31+,34?,35?/m0/s1. The summed E-state index contributed by atoms with van der Waals surface area (Å²) in [6.45, 7) is 5.66. The molecule has 3 rings (SSSR count). The summed E-state index contributed by atoms with van der Waals surface area (Å²) in [5.41, 5.74) is 0. The Hall–Kier alpha value is -2.14. The molecule has 256 valence electrons. The molecule has 0 spiro atoms. The van der Waals surface area contributed by atoms with E-state index in [1.54, 1.807) is 0 Å². The van der Waals surface area contributed by atoms with E-state index >= 15 is 0 Å². The lowest BCUT2D eigenvalue weighted by molar-refractivity contribution is -0.192. The number of ketones is 2. The third kappa shape index (κ3) is 14.0. The molecule has 2 saturated heterocycles. The molecule has 45 heavy (non-hydrogen) atoms. The second-order valence-corrected chi connectivity index (χ2v) is 13.0. The number of ether oxygens (including phenoxy) is 5. The number of esters is 1. The van der Waals surface area contributed by atoms with Crippen molar-refractivity contribution in [1.29, 1.82) is 0 Å². The first-order chi connectivity index (χ1) is 21.8. The Morgan fingerprint density at radius 3 is 2.38 bits per heavy atom. The number of unbranched alkanes of at least 4 members (excludes halogenated alkanes) is 2. The topological polar surface area (TPSA) is 126 Å². The van der Waals surface area contributed by atoms with Crippen LogP contribution in [-0.4, -0.2) is 75.1 Å². The molecule has 1 saturated carbocycles. The van der Waals surface area contributed by atoms with E-state index in [2.05, 4.69) is 36.1 Å². The minimum atomic E-state index is -0.507. The van der Waals surface area contributed by atoms with Gasteiger partial charge in [0.1, 0.15) is 18.1 Å². The molecule has 3 aliphatic rings. The predicted octanol–water partition coefficient (Wildman–Crippen LogP) is 5.60. The zero-order valence-electron chi connectivity index (χ0n) is 27.8. The Bertz CT molecular complexity index is 941. The molecule has 0 aromatic heterocycles. The summed E-state index contributed by atoms with van der Waals surface area (Å²) in [5, 5.41) is 2.51. The van der Waals surface area contributed by atoms with E-state index in [1.165, 1.54) is 13.5 Å². The van der Waals surface area contributed by atoms with Crippen molar-refractivity contribution in [2.45, 2.75) is 141 Å². The molecule has 2 aliphatic heterocycles. The van der Waals surface area contributed by atoms with E-state index in [0.29, 0.717) is 38.4 Å². The molecule has 10 nitrogen and oxygen atoms in total. The van der Waals surface area contributed by atoms with Crippen LogP contribution in [0.15, 0.2) is 12.2 Å². The SMILES string of the molecule is CCCC[C@H](C)C[C@H](/C=C/[C@H]1[C@H](OC2CCCCO2)CC(=O)[C@@H]1CC(=O)CCCCC(=O)NCC(=O)OC)OC1CCCCO1. The van der Waals surface area contributed by atoms with Crippen LogP contribution in [0, 0.1) is 17.8 Å². The van der Waals surface area contributed by atoms with E-state index < -0.39 is 11.9 Å². The van der Waals surface area contributed by atoms with Gasteiger partial charge in [0.05, 0.1) is 19.3 Å². The molecule has 0 aromatic rings. The van der Waals surface area contributed by atoms with Crippen molar-refractivity contribution in [2.75, 3.05) is 26.9 Å². The van der Waals surface area contributed by atoms with Crippen LogP contribution in [0.2, 0.25) is 0 Å². The van der Waals surface area contributed by atoms with Crippen molar-refractivity contribution < 1.29 is 42.9 Å². The summed E-state index contributed by atoms with van der Waals surface area (Å²) >= 11 is 0. The number of hydrogen-bond acceptors (Lipinski definition) is 9. The van der Waals surface area contributed by atoms with E-state index in [9.17, 15) is 19.2 Å². The van der Waals surface area contributed by atoms with Gasteiger partial charge in [-0.25, -0.2) is 0 Å². The average Bonchev–Trinajstić information content (AvgIpc) is 3.33. The van der Waals surface area contributed by atoms with Gasteiger partial charge in [-0.1, -0.05) is 45.3 Å². The maximum atomic E-state index is 13.4. The fourth-order valence-corrected chi connectivity index (χ4v) is 6.42. The molecule has 3 fully saturated rings. The minimum Gasteiger partial charge on any atom is -0.468 e. The first kappa shape index (κ1) is 37.3. The van der Waals surface area contributed by atoms with Crippen molar-refractivity contribution in [3.63, 3.8) is 0 Å². The Kier molecular flexibility index (Phi) is 17.3. The highest BCUT2D eigenvalue weighted by molar-refractivity contribution is 5.90. The maximum Gasteiger partial charge on any atom is 0.325 e. The highest BCUT2D eigenvalue weighted by Crippen LogP contribution is 2.37. The Labute approximate surface area is 269 Å². The highest BCUT2D eigenvalue weighted by Gasteiger charge is 2.43. The molecule has 2 heterocycles. The molecule has 1 amide bonds. The molecule has 0 radical (unpaired) electrons. The summed E-state index contributed by atoms with van der Waals surface area (Å²) in [6.07, 6.45) is 15.3. The molecule has 0 aromatic carbocycles. The van der Waals surface area contributed by atoms with Crippen molar-refractivity contribution in [3.8, 4) is 0 Å². The van der Waals surface area contributed by atoms with Crippen LogP contribution in [0.4, 0.5) is 0 Å². The van der Waals surface area contributed by atoms with Crippen LogP contribution >= 0.6 is 0 Å². The van der Waals surface area contributed by atoms with Gasteiger partial charge in [0.2, 0.25) is 5.91 Å². The molecule has 1 N–H and O–H groups in total. The quantitative estimate of drug-likeness (QED) is 0.103. The zero-order chi connectivity index (χ0) is 32.4. The number of carbonyl (C=O) groups excluding carboxylic acids is 4. The van der Waals surface area contributed by atoms with Crippen molar-refractivity contribution in [1.82, 2.24) is 5.32 Å². The third-order valence-electron chi connectivity index (χ3n) is 9.09. The normalized spacial score (nSPS) is 26.9. The highest BCUT2D eigenvalue weighted by atomic mass is 16.7. The summed E-state index contributed by atoms with van der Waals surface area (Å²) in [4.78, 5) is 49.6. The molecule has 2 unspecified atom stereocenters. The Balaban J connectivity index is 1.64. The second kappa shape index (κ2) is 20.9. The minimum absolute atomic E-state index is 0.00730. The summed E-state index contributed by atoms with van der Waals surface area (Å²) in [6, 6.07) is 0. The van der Waals surface area contributed by atoms with Crippen molar-refractivity contribution in [2.24, 2.45) is 17.8 Å². The molecule has 0 bridgehead atoms. The van der Waals surface area contributed by atoms with Gasteiger partial charge in [0.25, 0.3) is 0 Å². The number of rotatable bonds is 20. The molecular formula is C35H57NO9. The predicted molar refractivity (Wildman–Crippen MR) is 169 cm³/mol. The second-order valence-electron chi connectivity index (χ2n) is 13.0. The fraction of sp³-hybridized carbons (Fsp3) is 0.829. The average molecular weight is 636 g/mol. The number of amides is 1. The lowest BCUT2D eigenvalue weighted by atomic mass is 9.87. The lowest BCUT2D eigenvalue weighted by Crippen LogP contribution is -2.31. The van der Waals surface area contributed by atoms with Gasteiger partial charge in [-0.05, 0) is 63.7 Å². The Morgan fingerprint density at radius 1 is 1.00 bits per heavy atom. The van der Waals surface area contributed by atoms with Crippen molar-refractivity contribution in [3.05, 3.63) is 12.2 Å². The van der Waals surface area contributed by atoms with E-state index in [4.69, 9.17) is 18.9 Å². The monoisotopic (exact) mass is 635 g/mol. The number of nitrogens with one attached hydrogen (secondary N) is 1. The van der Waals surface area contributed by atoms with Crippen LogP contribution in [0.1, 0.15) is 117 Å². The smallest absolute Gasteiger partial charge is 0.325 e. The van der Waals surface area contributed by atoms with E-state index in [-0.39, 0.29) is 74.0 Å². The summed E-state index contributed by atoms with van der Waals surface area (Å²) in [5.74, 6) is -0.940. The largest absolute Gasteiger partial charge is 0.468 e. The van der Waals surface area contributed by atoms with Crippen LogP contribution < -0.4 is 5.32 Å². The molecular weight excluding hydrogens is 578 g/mol. The van der Waals surface area contributed by atoms with Crippen molar-refractivity contribution >= 4 is 23.4 Å². The summed E-state index contributed by atoms with van der Waals surface area (Å²) in [7, 11) is 1.27. The number of carbonyl (C=O) groups is 4. The van der Waals surface area contributed by atoms with Crippen LogP contribution in [0.5, 0.6) is 0 Å². The first-order valence-corrected chi connectivity index (χ1v) is 17.4. The van der Waals surface area contributed by atoms with Crippen LogP contribution in [-0.2, 0) is 42.9 Å². The van der Waals surface area contributed by atoms with E-state index in [1.807, 2.05) is 0 Å².